The Morgan fingerprint density at radius 2 is 2.06 bits per heavy atom. The third-order valence-electron chi connectivity index (χ3n) is 3.29. The molecule has 0 saturated carbocycles. The van der Waals surface area contributed by atoms with Gasteiger partial charge in [-0.3, -0.25) is 0 Å². The van der Waals surface area contributed by atoms with Crippen LogP contribution in [0.4, 0.5) is 5.82 Å². The van der Waals surface area contributed by atoms with Crippen molar-refractivity contribution in [3.8, 4) is 0 Å². The monoisotopic (exact) mass is 220 g/mol. The molecule has 1 aromatic rings. The normalized spacial score (nSPS) is 17.8. The summed E-state index contributed by atoms with van der Waals surface area (Å²) >= 11 is 0. The van der Waals surface area contributed by atoms with Gasteiger partial charge in [-0.2, -0.15) is 0 Å². The van der Waals surface area contributed by atoms with E-state index >= 15 is 0 Å². The number of pyridine rings is 1. The quantitative estimate of drug-likeness (QED) is 0.850. The van der Waals surface area contributed by atoms with Gasteiger partial charge in [0.25, 0.3) is 0 Å². The van der Waals surface area contributed by atoms with Gasteiger partial charge in [-0.05, 0) is 32.3 Å². The van der Waals surface area contributed by atoms with Gasteiger partial charge in [-0.15, -0.1) is 0 Å². The Bertz CT molecular complexity index is 359. The van der Waals surface area contributed by atoms with Gasteiger partial charge in [0, 0.05) is 24.3 Å². The van der Waals surface area contributed by atoms with E-state index in [-0.39, 0.29) is 6.10 Å². The second-order valence-corrected chi connectivity index (χ2v) is 4.46. The lowest BCUT2D eigenvalue weighted by Crippen LogP contribution is -2.19. The number of rotatable bonds is 3. The van der Waals surface area contributed by atoms with Crippen molar-refractivity contribution in [2.24, 2.45) is 0 Å². The molecule has 1 fully saturated rings. The summed E-state index contributed by atoms with van der Waals surface area (Å²) in [5.74, 6) is 1.06. The smallest absolute Gasteiger partial charge is 0.128 e. The van der Waals surface area contributed by atoms with E-state index in [4.69, 9.17) is 0 Å². The molecular weight excluding hydrogens is 200 g/mol. The van der Waals surface area contributed by atoms with Crippen molar-refractivity contribution < 1.29 is 5.11 Å². The first-order valence-electron chi connectivity index (χ1n) is 6.13. The van der Waals surface area contributed by atoms with Crippen LogP contribution in [0.5, 0.6) is 0 Å². The minimum absolute atomic E-state index is 0.375. The van der Waals surface area contributed by atoms with Crippen LogP contribution in [-0.2, 0) is 0 Å². The van der Waals surface area contributed by atoms with Crippen LogP contribution in [0.1, 0.15) is 43.5 Å². The number of aryl methyl sites for hydroxylation is 1. The molecule has 3 heteroatoms. The summed E-state index contributed by atoms with van der Waals surface area (Å²) in [6, 6.07) is 4.05. The number of aliphatic hydroxyl groups is 1. The molecule has 0 bridgehead atoms. The summed E-state index contributed by atoms with van der Waals surface area (Å²) in [5, 5.41) is 9.81. The first kappa shape index (κ1) is 11.4. The fourth-order valence-corrected chi connectivity index (χ4v) is 2.25. The second-order valence-electron chi connectivity index (χ2n) is 4.46. The van der Waals surface area contributed by atoms with E-state index in [9.17, 15) is 5.11 Å². The van der Waals surface area contributed by atoms with E-state index < -0.39 is 0 Å². The predicted octanol–water partition coefficient (Wildman–Crippen LogP) is 2.43. The average Bonchev–Trinajstić information content (AvgIpc) is 2.81. The fraction of sp³-hybridized carbons (Fsp3) is 0.615. The van der Waals surface area contributed by atoms with Crippen molar-refractivity contribution in [1.82, 2.24) is 4.98 Å². The molecule has 2 rings (SSSR count). The van der Waals surface area contributed by atoms with E-state index in [0.717, 1.165) is 36.6 Å². The molecule has 0 unspecified atom stereocenters. The van der Waals surface area contributed by atoms with Crippen LogP contribution in [0, 0.1) is 6.92 Å². The van der Waals surface area contributed by atoms with Gasteiger partial charge in [0.15, 0.2) is 0 Å². The number of anilines is 1. The molecule has 16 heavy (non-hydrogen) atoms. The minimum atomic E-state index is -0.375. The van der Waals surface area contributed by atoms with Crippen LogP contribution < -0.4 is 4.90 Å². The van der Waals surface area contributed by atoms with Crippen LogP contribution in [0.3, 0.4) is 0 Å². The summed E-state index contributed by atoms with van der Waals surface area (Å²) in [5.41, 5.74) is 1.92. The van der Waals surface area contributed by atoms with Gasteiger partial charge in [0.2, 0.25) is 0 Å². The lowest BCUT2D eigenvalue weighted by Gasteiger charge is -2.19. The Kier molecular flexibility index (Phi) is 3.44. The minimum Gasteiger partial charge on any atom is -0.388 e. The van der Waals surface area contributed by atoms with Crippen molar-refractivity contribution in [3.63, 3.8) is 0 Å². The van der Waals surface area contributed by atoms with Crippen molar-refractivity contribution in [2.75, 3.05) is 18.0 Å². The lowest BCUT2D eigenvalue weighted by atomic mass is 10.1. The van der Waals surface area contributed by atoms with Crippen molar-refractivity contribution >= 4 is 5.82 Å². The van der Waals surface area contributed by atoms with Gasteiger partial charge >= 0.3 is 0 Å². The molecule has 0 amide bonds. The van der Waals surface area contributed by atoms with E-state index in [1.165, 1.54) is 12.8 Å². The molecular formula is C13H20N2O. The number of hydrogen-bond donors (Lipinski definition) is 1. The number of aromatic nitrogens is 1. The molecule has 0 aliphatic carbocycles. The maximum absolute atomic E-state index is 9.81. The summed E-state index contributed by atoms with van der Waals surface area (Å²) in [7, 11) is 0. The van der Waals surface area contributed by atoms with Crippen molar-refractivity contribution in [3.05, 3.63) is 23.4 Å². The van der Waals surface area contributed by atoms with Gasteiger partial charge in [-0.25, -0.2) is 4.98 Å². The van der Waals surface area contributed by atoms with Gasteiger partial charge < -0.3 is 10.0 Å². The highest BCUT2D eigenvalue weighted by atomic mass is 16.3. The molecule has 88 valence electrons. The maximum Gasteiger partial charge on any atom is 0.128 e. The Morgan fingerprint density at radius 1 is 1.38 bits per heavy atom. The summed E-state index contributed by atoms with van der Waals surface area (Å²) in [6.07, 6.45) is 2.89. The molecule has 3 nitrogen and oxygen atoms in total. The van der Waals surface area contributed by atoms with E-state index in [1.54, 1.807) is 0 Å². The molecule has 1 aromatic heterocycles. The van der Waals surface area contributed by atoms with Gasteiger partial charge in [0.05, 0.1) is 6.10 Å². The van der Waals surface area contributed by atoms with Crippen LogP contribution >= 0.6 is 0 Å². The number of nitrogens with zero attached hydrogens (tertiary/aromatic N) is 2. The lowest BCUT2D eigenvalue weighted by molar-refractivity contribution is 0.172. The maximum atomic E-state index is 9.81. The summed E-state index contributed by atoms with van der Waals surface area (Å²) in [4.78, 5) is 6.90. The number of aliphatic hydroxyl groups excluding tert-OH is 1. The SMILES string of the molecule is CC[C@H](O)c1ccc(N2CCCC2)nc1C. The topological polar surface area (TPSA) is 36.4 Å². The standard InChI is InChI=1S/C13H20N2O/c1-3-12(16)11-6-7-13(14-10(11)2)15-8-4-5-9-15/h6-7,12,16H,3-5,8-9H2,1-2H3/t12-/m0/s1. The first-order valence-corrected chi connectivity index (χ1v) is 6.13. The van der Waals surface area contributed by atoms with Crippen LogP contribution in [0.25, 0.3) is 0 Å². The summed E-state index contributed by atoms with van der Waals surface area (Å²) in [6.45, 7) is 6.19. The van der Waals surface area contributed by atoms with Crippen molar-refractivity contribution in [1.29, 1.82) is 0 Å². The Labute approximate surface area is 97.1 Å². The fourth-order valence-electron chi connectivity index (χ4n) is 2.25. The molecule has 1 aliphatic rings. The molecule has 2 heterocycles. The summed E-state index contributed by atoms with van der Waals surface area (Å²) < 4.78 is 0. The molecule has 1 atom stereocenters. The zero-order chi connectivity index (χ0) is 11.5. The van der Waals surface area contributed by atoms with Gasteiger partial charge in [-0.1, -0.05) is 13.0 Å². The molecule has 0 radical (unpaired) electrons. The van der Waals surface area contributed by atoms with Crippen LogP contribution in [0.2, 0.25) is 0 Å². The highest BCUT2D eigenvalue weighted by molar-refractivity contribution is 5.42. The molecule has 0 spiro atoms. The largest absolute Gasteiger partial charge is 0.388 e. The average molecular weight is 220 g/mol. The first-order chi connectivity index (χ1) is 7.72. The highest BCUT2D eigenvalue weighted by Crippen LogP contribution is 2.24. The Balaban J connectivity index is 2.21. The molecule has 1 N–H and O–H groups in total. The molecule has 1 aliphatic heterocycles. The van der Waals surface area contributed by atoms with Crippen LogP contribution in [-0.4, -0.2) is 23.2 Å². The van der Waals surface area contributed by atoms with Crippen molar-refractivity contribution in [2.45, 2.75) is 39.2 Å². The van der Waals surface area contributed by atoms with Crippen LogP contribution in [0.15, 0.2) is 12.1 Å². The third-order valence-corrected chi connectivity index (χ3v) is 3.29. The highest BCUT2D eigenvalue weighted by Gasteiger charge is 2.15. The zero-order valence-corrected chi connectivity index (χ0v) is 10.1. The van der Waals surface area contributed by atoms with Gasteiger partial charge in [0.1, 0.15) is 5.82 Å². The zero-order valence-electron chi connectivity index (χ0n) is 10.1. The predicted molar refractivity (Wildman–Crippen MR) is 65.7 cm³/mol. The van der Waals surface area contributed by atoms with E-state index in [2.05, 4.69) is 9.88 Å². The second kappa shape index (κ2) is 4.83. The third kappa shape index (κ3) is 2.19. The van der Waals surface area contributed by atoms with E-state index in [0.29, 0.717) is 0 Å². The molecule has 0 aromatic carbocycles. The van der Waals surface area contributed by atoms with E-state index in [1.807, 2.05) is 26.0 Å². The Hall–Kier alpha value is -1.09. The Morgan fingerprint density at radius 3 is 2.62 bits per heavy atom. The number of hydrogen-bond acceptors (Lipinski definition) is 3. The molecule has 1 saturated heterocycles.